The predicted molar refractivity (Wildman–Crippen MR) is 127 cm³/mol. The van der Waals surface area contributed by atoms with E-state index in [0.717, 1.165) is 42.0 Å². The van der Waals surface area contributed by atoms with Crippen LogP contribution in [-0.2, 0) is 11.3 Å². The number of phenolic OH excluding ortho intramolecular Hbond substituents is 1. The predicted octanol–water partition coefficient (Wildman–Crippen LogP) is 4.16. The second-order valence-corrected chi connectivity index (χ2v) is 7.23. The topological polar surface area (TPSA) is 97.9 Å². The number of rotatable bonds is 6. The lowest BCUT2D eigenvalue weighted by Crippen LogP contribution is -2.35. The molecule has 1 aliphatic rings. The minimum atomic E-state index is -0.829. The summed E-state index contributed by atoms with van der Waals surface area (Å²) in [6.07, 6.45) is 0.964. The Kier molecular flexibility index (Phi) is 9.43. The Labute approximate surface area is 203 Å². The fraction of sp³-hybridized carbons (Fsp3) is 0.217. The number of nitrogens with zero attached hydrogens (tertiary/aromatic N) is 2. The second-order valence-electron chi connectivity index (χ2n) is 7.23. The van der Waals surface area contributed by atoms with Gasteiger partial charge in [-0.25, -0.2) is 9.37 Å². The lowest BCUT2D eigenvalue weighted by molar-refractivity contribution is 0.0342. The number of amides is 1. The van der Waals surface area contributed by atoms with Crippen LogP contribution in [0.1, 0.15) is 15.9 Å². The summed E-state index contributed by atoms with van der Waals surface area (Å²) >= 11 is 0. The largest absolute Gasteiger partial charge is 0.508 e. The first-order valence-corrected chi connectivity index (χ1v) is 9.85. The summed E-state index contributed by atoms with van der Waals surface area (Å²) in [5, 5.41) is 10.0. The van der Waals surface area contributed by atoms with Gasteiger partial charge in [-0.2, -0.15) is 0 Å². The number of morpholine rings is 1. The van der Waals surface area contributed by atoms with Gasteiger partial charge in [0.15, 0.2) is 0 Å². The zero-order chi connectivity index (χ0) is 21.8. The van der Waals surface area contributed by atoms with Crippen LogP contribution < -0.4 is 10.5 Å². The molecule has 1 amide bonds. The number of benzene rings is 2. The summed E-state index contributed by atoms with van der Waals surface area (Å²) in [5.41, 5.74) is 7.96. The number of halogens is 3. The minimum absolute atomic E-state index is 0. The van der Waals surface area contributed by atoms with Gasteiger partial charge >= 0.3 is 0 Å². The molecule has 2 aromatic carbocycles. The summed E-state index contributed by atoms with van der Waals surface area (Å²) in [6.45, 7) is 3.69. The number of aromatic hydroxyl groups is 1. The SMILES string of the molecule is Cl.Cl.NC(=O)c1cc(F)cnc1Oc1cccc(-c2ccc(O)cc2CN2CCOCC2)c1. The van der Waals surface area contributed by atoms with Crippen LogP contribution in [0.15, 0.2) is 54.7 Å². The van der Waals surface area contributed by atoms with Gasteiger partial charge in [-0.15, -0.1) is 24.8 Å². The van der Waals surface area contributed by atoms with Gasteiger partial charge in [0.2, 0.25) is 5.88 Å². The van der Waals surface area contributed by atoms with E-state index in [1.807, 2.05) is 18.2 Å². The van der Waals surface area contributed by atoms with Gasteiger partial charge in [0.05, 0.1) is 19.4 Å². The molecule has 0 radical (unpaired) electrons. The van der Waals surface area contributed by atoms with Crippen molar-refractivity contribution in [2.24, 2.45) is 5.73 Å². The first-order chi connectivity index (χ1) is 15.0. The van der Waals surface area contributed by atoms with Crippen LogP contribution in [0.5, 0.6) is 17.4 Å². The molecule has 0 bridgehead atoms. The lowest BCUT2D eigenvalue weighted by Gasteiger charge is -2.27. The van der Waals surface area contributed by atoms with Crippen LogP contribution >= 0.6 is 24.8 Å². The molecule has 7 nitrogen and oxygen atoms in total. The van der Waals surface area contributed by atoms with Crippen LogP contribution in [0.3, 0.4) is 0 Å². The lowest BCUT2D eigenvalue weighted by atomic mass is 9.98. The highest BCUT2D eigenvalue weighted by molar-refractivity contribution is 5.95. The maximum atomic E-state index is 13.4. The first kappa shape index (κ1) is 26.3. The zero-order valence-electron chi connectivity index (χ0n) is 17.6. The monoisotopic (exact) mass is 495 g/mol. The fourth-order valence-electron chi connectivity index (χ4n) is 3.52. The van der Waals surface area contributed by atoms with Crippen molar-refractivity contribution >= 4 is 30.7 Å². The molecule has 2 heterocycles. The van der Waals surface area contributed by atoms with Crippen molar-refractivity contribution < 1.29 is 23.8 Å². The summed E-state index contributed by atoms with van der Waals surface area (Å²) < 4.78 is 24.6. The number of aromatic nitrogens is 1. The molecule has 4 rings (SSSR count). The fourth-order valence-corrected chi connectivity index (χ4v) is 3.52. The van der Waals surface area contributed by atoms with Gasteiger partial charge in [0, 0.05) is 19.6 Å². The van der Waals surface area contributed by atoms with E-state index in [9.17, 15) is 14.3 Å². The Morgan fingerprint density at radius 1 is 1.15 bits per heavy atom. The first-order valence-electron chi connectivity index (χ1n) is 9.85. The van der Waals surface area contributed by atoms with Crippen molar-refractivity contribution in [2.75, 3.05) is 26.3 Å². The third-order valence-electron chi connectivity index (χ3n) is 5.03. The van der Waals surface area contributed by atoms with Crippen LogP contribution in [-0.4, -0.2) is 47.2 Å². The number of carbonyl (C=O) groups is 1. The number of phenols is 1. The molecule has 10 heteroatoms. The highest BCUT2D eigenvalue weighted by atomic mass is 35.5. The standard InChI is InChI=1S/C23H22FN3O4.2ClH/c24-17-12-21(22(25)29)23(26-13-17)31-19-3-1-2-15(11-19)20-5-4-18(28)10-16(20)14-27-6-8-30-9-7-27;;/h1-5,10-13,28H,6-9,14H2,(H2,25,29);2*1H. The molecular formula is C23H24Cl2FN3O4. The van der Waals surface area contributed by atoms with E-state index in [-0.39, 0.29) is 42.0 Å². The maximum Gasteiger partial charge on any atom is 0.254 e. The van der Waals surface area contributed by atoms with E-state index < -0.39 is 11.7 Å². The average Bonchev–Trinajstić information content (AvgIpc) is 2.76. The van der Waals surface area contributed by atoms with Crippen LogP contribution in [0.4, 0.5) is 4.39 Å². The number of nitrogens with two attached hydrogens (primary N) is 1. The molecule has 1 saturated heterocycles. The molecule has 0 aliphatic carbocycles. The number of primary amides is 1. The van der Waals surface area contributed by atoms with E-state index in [0.29, 0.717) is 25.5 Å². The molecule has 1 aromatic heterocycles. The molecule has 1 fully saturated rings. The maximum absolute atomic E-state index is 13.4. The van der Waals surface area contributed by atoms with Crippen LogP contribution in [0, 0.1) is 5.82 Å². The smallest absolute Gasteiger partial charge is 0.254 e. The number of ether oxygens (including phenoxy) is 2. The van der Waals surface area contributed by atoms with Gasteiger partial charge in [-0.05, 0) is 47.0 Å². The summed E-state index contributed by atoms with van der Waals surface area (Å²) in [4.78, 5) is 17.7. The van der Waals surface area contributed by atoms with Crippen molar-refractivity contribution in [3.63, 3.8) is 0 Å². The molecule has 3 N–H and O–H groups in total. The van der Waals surface area contributed by atoms with Gasteiger partial charge in [-0.1, -0.05) is 18.2 Å². The Hall–Kier alpha value is -2.91. The Bertz CT molecular complexity index is 1110. The third kappa shape index (κ3) is 6.55. The van der Waals surface area contributed by atoms with Crippen molar-refractivity contribution in [1.82, 2.24) is 9.88 Å². The molecule has 0 unspecified atom stereocenters. The molecule has 0 atom stereocenters. The van der Waals surface area contributed by atoms with Gasteiger partial charge < -0.3 is 20.3 Å². The van der Waals surface area contributed by atoms with Crippen molar-refractivity contribution in [3.8, 4) is 28.5 Å². The van der Waals surface area contributed by atoms with Crippen LogP contribution in [0.2, 0.25) is 0 Å². The minimum Gasteiger partial charge on any atom is -0.508 e. The molecule has 176 valence electrons. The van der Waals surface area contributed by atoms with E-state index >= 15 is 0 Å². The Balaban J connectivity index is 0.00000193. The number of hydrogen-bond donors (Lipinski definition) is 2. The number of pyridine rings is 1. The van der Waals surface area contributed by atoms with Crippen molar-refractivity contribution in [1.29, 1.82) is 0 Å². The number of carbonyl (C=O) groups excluding carboxylic acids is 1. The zero-order valence-corrected chi connectivity index (χ0v) is 19.2. The quantitative estimate of drug-likeness (QED) is 0.532. The third-order valence-corrected chi connectivity index (χ3v) is 5.03. The summed E-state index contributed by atoms with van der Waals surface area (Å²) in [5.74, 6) is -0.952. The summed E-state index contributed by atoms with van der Waals surface area (Å²) in [6, 6.07) is 13.5. The second kappa shape index (κ2) is 11.8. The number of hydrogen-bond acceptors (Lipinski definition) is 6. The van der Waals surface area contributed by atoms with Gasteiger partial charge in [-0.3, -0.25) is 9.69 Å². The molecule has 0 saturated carbocycles. The van der Waals surface area contributed by atoms with Crippen molar-refractivity contribution in [2.45, 2.75) is 6.54 Å². The van der Waals surface area contributed by atoms with Crippen molar-refractivity contribution in [3.05, 3.63) is 71.7 Å². The van der Waals surface area contributed by atoms with Gasteiger partial charge in [0.25, 0.3) is 5.91 Å². The van der Waals surface area contributed by atoms with Crippen LogP contribution in [0.25, 0.3) is 11.1 Å². The highest BCUT2D eigenvalue weighted by Gasteiger charge is 2.16. The van der Waals surface area contributed by atoms with E-state index in [1.54, 1.807) is 24.3 Å². The van der Waals surface area contributed by atoms with E-state index in [2.05, 4.69) is 9.88 Å². The molecule has 0 spiro atoms. The van der Waals surface area contributed by atoms with E-state index in [1.165, 1.54) is 0 Å². The highest BCUT2D eigenvalue weighted by Crippen LogP contribution is 2.32. The molecule has 33 heavy (non-hydrogen) atoms. The Morgan fingerprint density at radius 2 is 1.91 bits per heavy atom. The summed E-state index contributed by atoms with van der Waals surface area (Å²) in [7, 11) is 0. The molecule has 1 aliphatic heterocycles. The molecular weight excluding hydrogens is 472 g/mol. The Morgan fingerprint density at radius 3 is 2.64 bits per heavy atom. The van der Waals surface area contributed by atoms with Gasteiger partial charge in [0.1, 0.15) is 22.9 Å². The molecule has 3 aromatic rings. The average molecular weight is 496 g/mol. The van der Waals surface area contributed by atoms with E-state index in [4.69, 9.17) is 15.2 Å². The normalized spacial score (nSPS) is 13.5.